The van der Waals surface area contributed by atoms with Crippen LogP contribution in [0.25, 0.3) is 0 Å². The van der Waals surface area contributed by atoms with Gasteiger partial charge in [0.15, 0.2) is 0 Å². The SMILES string of the molecule is N#C[C@@H]1CC[C@H]1CO. The van der Waals surface area contributed by atoms with E-state index in [-0.39, 0.29) is 12.5 Å². The zero-order valence-electron chi connectivity index (χ0n) is 4.67. The van der Waals surface area contributed by atoms with E-state index in [0.717, 1.165) is 12.8 Å². The van der Waals surface area contributed by atoms with Crippen LogP contribution in [-0.2, 0) is 0 Å². The van der Waals surface area contributed by atoms with Gasteiger partial charge in [-0.1, -0.05) is 0 Å². The van der Waals surface area contributed by atoms with Gasteiger partial charge in [-0.2, -0.15) is 5.26 Å². The van der Waals surface area contributed by atoms with Gasteiger partial charge in [0.1, 0.15) is 0 Å². The smallest absolute Gasteiger partial charge is 0.0659 e. The first kappa shape index (κ1) is 5.58. The standard InChI is InChI=1S/C6H9NO/c7-3-5-1-2-6(5)4-8/h5-6,8H,1-2,4H2/t5-,6-/m0/s1. The lowest BCUT2D eigenvalue weighted by molar-refractivity contribution is 0.123. The summed E-state index contributed by atoms with van der Waals surface area (Å²) < 4.78 is 0. The highest BCUT2D eigenvalue weighted by Gasteiger charge is 2.29. The highest BCUT2D eigenvalue weighted by molar-refractivity contribution is 4.94. The van der Waals surface area contributed by atoms with Crippen molar-refractivity contribution in [2.45, 2.75) is 12.8 Å². The van der Waals surface area contributed by atoms with Gasteiger partial charge < -0.3 is 5.11 Å². The zero-order chi connectivity index (χ0) is 5.98. The average Bonchev–Trinajstić information content (AvgIpc) is 1.66. The Bertz CT molecular complexity index is 114. The largest absolute Gasteiger partial charge is 0.396 e. The van der Waals surface area contributed by atoms with Crippen LogP contribution in [0.15, 0.2) is 0 Å². The van der Waals surface area contributed by atoms with Crippen molar-refractivity contribution >= 4 is 0 Å². The highest BCUT2D eigenvalue weighted by atomic mass is 16.3. The van der Waals surface area contributed by atoms with Gasteiger partial charge in [0.05, 0.1) is 12.0 Å². The summed E-state index contributed by atoms with van der Waals surface area (Å²) in [5.41, 5.74) is 0. The molecule has 0 aromatic carbocycles. The van der Waals surface area contributed by atoms with Crippen LogP contribution in [0.5, 0.6) is 0 Å². The molecule has 0 unspecified atom stereocenters. The van der Waals surface area contributed by atoms with Gasteiger partial charge in [0.2, 0.25) is 0 Å². The van der Waals surface area contributed by atoms with E-state index in [4.69, 9.17) is 10.4 Å². The maximum absolute atomic E-state index is 8.54. The molecule has 1 N–H and O–H groups in total. The minimum absolute atomic E-state index is 0.153. The van der Waals surface area contributed by atoms with Crippen molar-refractivity contribution in [1.82, 2.24) is 0 Å². The van der Waals surface area contributed by atoms with Crippen LogP contribution in [-0.4, -0.2) is 11.7 Å². The molecule has 44 valence electrons. The molecule has 2 nitrogen and oxygen atoms in total. The molecule has 1 saturated carbocycles. The molecule has 1 aliphatic carbocycles. The lowest BCUT2D eigenvalue weighted by Crippen LogP contribution is -2.27. The number of hydrogen-bond donors (Lipinski definition) is 1. The molecule has 0 bridgehead atoms. The van der Waals surface area contributed by atoms with Gasteiger partial charge >= 0.3 is 0 Å². The molecular formula is C6H9NO. The first-order chi connectivity index (χ1) is 3.88. The summed E-state index contributed by atoms with van der Waals surface area (Å²) >= 11 is 0. The minimum atomic E-state index is 0.153. The van der Waals surface area contributed by atoms with Gasteiger partial charge in [-0.25, -0.2) is 0 Å². The van der Waals surface area contributed by atoms with Crippen LogP contribution in [0.4, 0.5) is 0 Å². The predicted molar refractivity (Wildman–Crippen MR) is 28.9 cm³/mol. The highest BCUT2D eigenvalue weighted by Crippen LogP contribution is 2.32. The summed E-state index contributed by atoms with van der Waals surface area (Å²) in [7, 11) is 0. The van der Waals surface area contributed by atoms with E-state index in [1.807, 2.05) is 0 Å². The van der Waals surface area contributed by atoms with Crippen molar-refractivity contribution in [2.75, 3.05) is 6.61 Å². The first-order valence-electron chi connectivity index (χ1n) is 2.89. The van der Waals surface area contributed by atoms with Crippen LogP contribution < -0.4 is 0 Å². The second kappa shape index (κ2) is 2.15. The lowest BCUT2D eigenvalue weighted by atomic mass is 9.75. The molecule has 8 heavy (non-hydrogen) atoms. The molecule has 0 amide bonds. The summed E-state index contributed by atoms with van der Waals surface area (Å²) in [6, 6.07) is 2.14. The molecule has 1 rings (SSSR count). The van der Waals surface area contributed by atoms with Crippen LogP contribution in [0.3, 0.4) is 0 Å². The van der Waals surface area contributed by atoms with E-state index in [9.17, 15) is 0 Å². The zero-order valence-corrected chi connectivity index (χ0v) is 4.67. The number of nitriles is 1. The molecule has 0 aliphatic heterocycles. The maximum Gasteiger partial charge on any atom is 0.0659 e. The number of aliphatic hydroxyl groups is 1. The van der Waals surface area contributed by atoms with Crippen molar-refractivity contribution in [2.24, 2.45) is 11.8 Å². The van der Waals surface area contributed by atoms with E-state index in [2.05, 4.69) is 6.07 Å². The van der Waals surface area contributed by atoms with E-state index in [0.29, 0.717) is 5.92 Å². The Morgan fingerprint density at radius 2 is 2.38 bits per heavy atom. The van der Waals surface area contributed by atoms with E-state index in [1.165, 1.54) is 0 Å². The summed E-state index contributed by atoms with van der Waals surface area (Å²) in [5.74, 6) is 0.444. The number of nitrogens with zero attached hydrogens (tertiary/aromatic N) is 1. The molecule has 2 heteroatoms. The Kier molecular flexibility index (Phi) is 1.50. The van der Waals surface area contributed by atoms with Crippen molar-refractivity contribution in [3.05, 3.63) is 0 Å². The van der Waals surface area contributed by atoms with E-state index >= 15 is 0 Å². The molecule has 0 heterocycles. The summed E-state index contributed by atoms with van der Waals surface area (Å²) in [6.07, 6.45) is 2.02. The Balaban J connectivity index is 2.29. The quantitative estimate of drug-likeness (QED) is 0.536. The molecule has 0 saturated heterocycles. The van der Waals surface area contributed by atoms with Crippen LogP contribution >= 0.6 is 0 Å². The Morgan fingerprint density at radius 3 is 2.50 bits per heavy atom. The Hall–Kier alpha value is -0.550. The normalized spacial score (nSPS) is 35.5. The van der Waals surface area contributed by atoms with E-state index in [1.54, 1.807) is 0 Å². The van der Waals surface area contributed by atoms with Crippen molar-refractivity contribution in [1.29, 1.82) is 5.26 Å². The fourth-order valence-electron chi connectivity index (χ4n) is 0.958. The second-order valence-corrected chi connectivity index (χ2v) is 2.26. The fourth-order valence-corrected chi connectivity index (χ4v) is 0.958. The van der Waals surface area contributed by atoms with Crippen LogP contribution in [0, 0.1) is 23.2 Å². The van der Waals surface area contributed by atoms with Crippen molar-refractivity contribution in [3.63, 3.8) is 0 Å². The Labute approximate surface area is 48.7 Å². The molecule has 0 aromatic heterocycles. The number of hydrogen-bond acceptors (Lipinski definition) is 2. The average molecular weight is 111 g/mol. The third-order valence-electron chi connectivity index (χ3n) is 1.82. The van der Waals surface area contributed by atoms with Crippen LogP contribution in [0.2, 0.25) is 0 Å². The van der Waals surface area contributed by atoms with E-state index < -0.39 is 0 Å². The fraction of sp³-hybridized carbons (Fsp3) is 0.833. The monoisotopic (exact) mass is 111 g/mol. The lowest BCUT2D eigenvalue weighted by Gasteiger charge is -2.28. The van der Waals surface area contributed by atoms with Gasteiger partial charge in [-0.05, 0) is 18.8 Å². The summed E-state index contributed by atoms with van der Waals surface area (Å²) in [6.45, 7) is 0.193. The summed E-state index contributed by atoms with van der Waals surface area (Å²) in [4.78, 5) is 0. The maximum atomic E-state index is 8.54. The van der Waals surface area contributed by atoms with Gasteiger partial charge in [-0.15, -0.1) is 0 Å². The molecule has 0 aromatic rings. The predicted octanol–water partition coefficient (Wildman–Crippen LogP) is 0.528. The third kappa shape index (κ3) is 0.696. The summed E-state index contributed by atoms with van der Waals surface area (Å²) in [5, 5.41) is 16.9. The molecule has 1 fully saturated rings. The number of aliphatic hydroxyl groups excluding tert-OH is 1. The Morgan fingerprint density at radius 1 is 1.62 bits per heavy atom. The third-order valence-corrected chi connectivity index (χ3v) is 1.82. The van der Waals surface area contributed by atoms with Gasteiger partial charge in [0, 0.05) is 6.61 Å². The minimum Gasteiger partial charge on any atom is -0.396 e. The molecule has 0 radical (unpaired) electrons. The van der Waals surface area contributed by atoms with Gasteiger partial charge in [0.25, 0.3) is 0 Å². The van der Waals surface area contributed by atoms with Crippen LogP contribution in [0.1, 0.15) is 12.8 Å². The topological polar surface area (TPSA) is 44.0 Å². The second-order valence-electron chi connectivity index (χ2n) is 2.26. The van der Waals surface area contributed by atoms with Gasteiger partial charge in [-0.3, -0.25) is 0 Å². The molecular weight excluding hydrogens is 102 g/mol. The molecule has 2 atom stereocenters. The van der Waals surface area contributed by atoms with Crippen molar-refractivity contribution < 1.29 is 5.11 Å². The van der Waals surface area contributed by atoms with Crippen molar-refractivity contribution in [3.8, 4) is 6.07 Å². The molecule has 1 aliphatic rings. The first-order valence-corrected chi connectivity index (χ1v) is 2.89. The molecule has 0 spiro atoms. The number of rotatable bonds is 1.